The molecular weight excluding hydrogens is 318 g/mol. The fourth-order valence-electron chi connectivity index (χ4n) is 2.03. The van der Waals surface area contributed by atoms with E-state index in [2.05, 4.69) is 15.6 Å². The largest absolute Gasteiger partial charge is 0.380 e. The summed E-state index contributed by atoms with van der Waals surface area (Å²) in [6, 6.07) is 9.44. The predicted octanol–water partition coefficient (Wildman–Crippen LogP) is 1.23. The summed E-state index contributed by atoms with van der Waals surface area (Å²) in [4.78, 5) is 11.9. The van der Waals surface area contributed by atoms with Crippen LogP contribution >= 0.6 is 12.4 Å². The Hall–Kier alpha value is -1.96. The van der Waals surface area contributed by atoms with Gasteiger partial charge in [-0.25, -0.2) is 4.68 Å². The van der Waals surface area contributed by atoms with Crippen molar-refractivity contribution < 1.29 is 9.53 Å². The van der Waals surface area contributed by atoms with Crippen molar-refractivity contribution in [3.05, 3.63) is 42.2 Å². The van der Waals surface area contributed by atoms with Gasteiger partial charge in [0, 0.05) is 13.7 Å². The van der Waals surface area contributed by atoms with Crippen LogP contribution < -0.4 is 11.1 Å². The highest BCUT2D eigenvalue weighted by Crippen LogP contribution is 2.12. The van der Waals surface area contributed by atoms with E-state index in [0.29, 0.717) is 12.2 Å². The maximum Gasteiger partial charge on any atom is 0.223 e. The molecule has 7 nitrogen and oxygen atoms in total. The van der Waals surface area contributed by atoms with Crippen molar-refractivity contribution in [3.8, 4) is 5.69 Å². The molecule has 0 aliphatic carbocycles. The number of carbonyl (C=O) groups is 1. The zero-order chi connectivity index (χ0) is 15.9. The van der Waals surface area contributed by atoms with Gasteiger partial charge in [-0.3, -0.25) is 4.79 Å². The molecule has 2 unspecified atom stereocenters. The number of para-hydroxylation sites is 1. The summed E-state index contributed by atoms with van der Waals surface area (Å²) < 4.78 is 6.78. The van der Waals surface area contributed by atoms with Crippen molar-refractivity contribution in [1.29, 1.82) is 0 Å². The van der Waals surface area contributed by atoms with Crippen molar-refractivity contribution in [1.82, 2.24) is 20.3 Å². The molecule has 0 aliphatic heterocycles. The van der Waals surface area contributed by atoms with Crippen LogP contribution in [-0.2, 0) is 9.53 Å². The Morgan fingerprint density at radius 1 is 1.39 bits per heavy atom. The van der Waals surface area contributed by atoms with E-state index in [4.69, 9.17) is 10.5 Å². The van der Waals surface area contributed by atoms with Gasteiger partial charge in [-0.2, -0.15) is 0 Å². The van der Waals surface area contributed by atoms with Crippen LogP contribution in [0.15, 0.2) is 36.5 Å². The summed E-state index contributed by atoms with van der Waals surface area (Å²) in [5.74, 6) is -0.126. The third-order valence-corrected chi connectivity index (χ3v) is 3.36. The Kier molecular flexibility index (Phi) is 7.67. The van der Waals surface area contributed by atoms with E-state index >= 15 is 0 Å². The number of nitrogens with two attached hydrogens (primary N) is 1. The molecule has 0 aliphatic rings. The molecule has 8 heteroatoms. The lowest BCUT2D eigenvalue weighted by atomic mass is 10.2. The number of halogens is 1. The number of hydrogen-bond donors (Lipinski definition) is 2. The van der Waals surface area contributed by atoms with Gasteiger partial charge in [0.15, 0.2) is 0 Å². The standard InChI is InChI=1S/C15H21N5O2.ClH/c1-11(17-15(21)8-13(9-16)22-2)14-10-20(19-18-14)12-6-4-3-5-7-12;/h3-7,10-11,13H,8-9,16H2,1-2H3,(H,17,21);1H. The summed E-state index contributed by atoms with van der Waals surface area (Å²) in [7, 11) is 1.54. The van der Waals surface area contributed by atoms with Crippen LogP contribution in [0, 0.1) is 0 Å². The second-order valence-electron chi connectivity index (χ2n) is 5.01. The fourth-order valence-corrected chi connectivity index (χ4v) is 2.03. The van der Waals surface area contributed by atoms with Crippen molar-refractivity contribution in [3.63, 3.8) is 0 Å². The summed E-state index contributed by atoms with van der Waals surface area (Å²) >= 11 is 0. The molecule has 126 valence electrons. The molecule has 1 aromatic heterocycles. The maximum atomic E-state index is 11.9. The van der Waals surface area contributed by atoms with Crippen LogP contribution in [0.25, 0.3) is 5.69 Å². The lowest BCUT2D eigenvalue weighted by Crippen LogP contribution is -2.33. The van der Waals surface area contributed by atoms with Gasteiger partial charge in [0.25, 0.3) is 0 Å². The van der Waals surface area contributed by atoms with Crippen LogP contribution in [0.1, 0.15) is 25.1 Å². The minimum Gasteiger partial charge on any atom is -0.380 e. The second-order valence-corrected chi connectivity index (χ2v) is 5.01. The monoisotopic (exact) mass is 339 g/mol. The lowest BCUT2D eigenvalue weighted by molar-refractivity contribution is -0.124. The first-order chi connectivity index (χ1) is 10.6. The Morgan fingerprint density at radius 2 is 2.09 bits per heavy atom. The van der Waals surface area contributed by atoms with Gasteiger partial charge >= 0.3 is 0 Å². The average molecular weight is 340 g/mol. The van der Waals surface area contributed by atoms with E-state index in [-0.39, 0.29) is 36.9 Å². The number of nitrogens with zero attached hydrogens (tertiary/aromatic N) is 3. The van der Waals surface area contributed by atoms with Gasteiger partial charge in [0.05, 0.1) is 30.5 Å². The van der Waals surface area contributed by atoms with Crippen LogP contribution in [0.4, 0.5) is 0 Å². The van der Waals surface area contributed by atoms with E-state index in [0.717, 1.165) is 5.69 Å². The second kappa shape index (κ2) is 9.24. The normalized spacial score (nSPS) is 13.0. The number of ether oxygens (including phenoxy) is 1. The van der Waals surface area contributed by atoms with Crippen LogP contribution in [0.3, 0.4) is 0 Å². The molecule has 0 radical (unpaired) electrons. The molecule has 2 atom stereocenters. The number of benzene rings is 1. The molecule has 1 heterocycles. The Bertz CT molecular complexity index is 601. The number of aromatic nitrogens is 3. The molecule has 0 bridgehead atoms. The van der Waals surface area contributed by atoms with E-state index < -0.39 is 0 Å². The van der Waals surface area contributed by atoms with Crippen LogP contribution in [0.2, 0.25) is 0 Å². The number of nitrogens with one attached hydrogen (secondary N) is 1. The van der Waals surface area contributed by atoms with Gasteiger partial charge in [-0.15, -0.1) is 17.5 Å². The molecule has 1 amide bonds. The Balaban J connectivity index is 0.00000264. The zero-order valence-electron chi connectivity index (χ0n) is 13.2. The topological polar surface area (TPSA) is 95.1 Å². The SMILES string of the molecule is COC(CN)CC(=O)NC(C)c1cn(-c2ccccc2)nn1.Cl. The highest BCUT2D eigenvalue weighted by atomic mass is 35.5. The highest BCUT2D eigenvalue weighted by Gasteiger charge is 2.16. The number of amides is 1. The molecule has 0 spiro atoms. The van der Waals surface area contributed by atoms with Gasteiger partial charge < -0.3 is 15.8 Å². The Labute approximate surface area is 141 Å². The maximum absolute atomic E-state index is 11.9. The molecule has 3 N–H and O–H groups in total. The lowest BCUT2D eigenvalue weighted by Gasteiger charge is -2.15. The summed E-state index contributed by atoms with van der Waals surface area (Å²) in [5, 5.41) is 11.1. The summed E-state index contributed by atoms with van der Waals surface area (Å²) in [6.07, 6.45) is 1.76. The summed E-state index contributed by atoms with van der Waals surface area (Å²) in [5.41, 5.74) is 7.12. The number of hydrogen-bond acceptors (Lipinski definition) is 5. The third-order valence-electron chi connectivity index (χ3n) is 3.36. The van der Waals surface area contributed by atoms with E-state index in [9.17, 15) is 4.79 Å². The van der Waals surface area contributed by atoms with E-state index in [1.165, 1.54) is 0 Å². The molecule has 1 aromatic carbocycles. The number of rotatable bonds is 7. The predicted molar refractivity (Wildman–Crippen MR) is 89.6 cm³/mol. The van der Waals surface area contributed by atoms with Crippen molar-refractivity contribution in [2.75, 3.05) is 13.7 Å². The number of methoxy groups -OCH3 is 1. The van der Waals surface area contributed by atoms with Gasteiger partial charge in [-0.05, 0) is 19.1 Å². The van der Waals surface area contributed by atoms with Crippen LogP contribution in [0.5, 0.6) is 0 Å². The van der Waals surface area contributed by atoms with Gasteiger partial charge in [0.2, 0.25) is 5.91 Å². The van der Waals surface area contributed by atoms with Crippen molar-refractivity contribution in [2.24, 2.45) is 5.73 Å². The Morgan fingerprint density at radius 3 is 2.70 bits per heavy atom. The van der Waals surface area contributed by atoms with Gasteiger partial charge in [0.1, 0.15) is 5.69 Å². The van der Waals surface area contributed by atoms with Crippen LogP contribution in [-0.4, -0.2) is 40.7 Å². The quantitative estimate of drug-likeness (QED) is 0.791. The summed E-state index contributed by atoms with van der Waals surface area (Å²) in [6.45, 7) is 2.17. The molecule has 23 heavy (non-hydrogen) atoms. The van der Waals surface area contributed by atoms with E-state index in [1.807, 2.05) is 37.3 Å². The first kappa shape index (κ1) is 19.1. The van der Waals surface area contributed by atoms with Crippen molar-refractivity contribution >= 4 is 18.3 Å². The zero-order valence-corrected chi connectivity index (χ0v) is 14.0. The highest BCUT2D eigenvalue weighted by molar-refractivity contribution is 5.85. The first-order valence-corrected chi connectivity index (χ1v) is 7.14. The molecule has 0 saturated heterocycles. The minimum atomic E-state index is -0.271. The smallest absolute Gasteiger partial charge is 0.223 e. The van der Waals surface area contributed by atoms with Crippen molar-refractivity contribution in [2.45, 2.75) is 25.5 Å². The van der Waals surface area contributed by atoms with Gasteiger partial charge in [-0.1, -0.05) is 23.4 Å². The molecule has 0 saturated carbocycles. The fraction of sp³-hybridized carbons (Fsp3) is 0.400. The molecule has 0 fully saturated rings. The third kappa shape index (κ3) is 5.31. The molecular formula is C15H22ClN5O2. The minimum absolute atomic E-state index is 0. The molecule has 2 aromatic rings. The molecule has 2 rings (SSSR count). The number of carbonyl (C=O) groups excluding carboxylic acids is 1. The first-order valence-electron chi connectivity index (χ1n) is 7.14. The average Bonchev–Trinajstić information content (AvgIpc) is 3.03. The van der Waals surface area contributed by atoms with E-state index in [1.54, 1.807) is 18.0 Å².